The molecule has 6 heteroatoms. The van der Waals surface area contributed by atoms with Crippen molar-refractivity contribution >= 4 is 29.9 Å². The maximum Gasteiger partial charge on any atom is 0.191 e. The summed E-state index contributed by atoms with van der Waals surface area (Å²) < 4.78 is 13.7. The van der Waals surface area contributed by atoms with Gasteiger partial charge in [-0.25, -0.2) is 9.38 Å². The van der Waals surface area contributed by atoms with Crippen LogP contribution in [0.15, 0.2) is 53.5 Å². The van der Waals surface area contributed by atoms with Crippen LogP contribution in [-0.2, 0) is 19.6 Å². The standard InChI is InChI=1S/C20H27FN4.HI/c1-4-22-20(24-14-17-10-7-8-12-19(17)21)23-13-16-9-5-6-11-18(16)15-25(2)3;/h5-12H,4,13-15H2,1-3H3,(H2,22,23,24);1H. The van der Waals surface area contributed by atoms with Crippen molar-refractivity contribution < 1.29 is 4.39 Å². The number of halogens is 2. The van der Waals surface area contributed by atoms with Crippen molar-refractivity contribution in [1.82, 2.24) is 15.5 Å². The van der Waals surface area contributed by atoms with Crippen LogP contribution in [0.3, 0.4) is 0 Å². The van der Waals surface area contributed by atoms with E-state index in [9.17, 15) is 4.39 Å². The van der Waals surface area contributed by atoms with Crippen LogP contribution in [0.4, 0.5) is 4.39 Å². The van der Waals surface area contributed by atoms with Crippen molar-refractivity contribution in [2.45, 2.75) is 26.6 Å². The normalized spacial score (nSPS) is 11.2. The van der Waals surface area contributed by atoms with E-state index in [2.05, 4.69) is 52.8 Å². The second-order valence-electron chi connectivity index (χ2n) is 6.15. The van der Waals surface area contributed by atoms with E-state index >= 15 is 0 Å². The fraction of sp³-hybridized carbons (Fsp3) is 0.350. The smallest absolute Gasteiger partial charge is 0.191 e. The molecule has 0 bridgehead atoms. The highest BCUT2D eigenvalue weighted by Crippen LogP contribution is 2.11. The van der Waals surface area contributed by atoms with Crippen molar-refractivity contribution in [3.63, 3.8) is 0 Å². The highest BCUT2D eigenvalue weighted by atomic mass is 127. The molecule has 0 amide bonds. The molecule has 2 N–H and O–H groups in total. The second kappa shape index (κ2) is 11.9. The van der Waals surface area contributed by atoms with Gasteiger partial charge in [0.05, 0.1) is 6.54 Å². The van der Waals surface area contributed by atoms with Crippen LogP contribution in [0.2, 0.25) is 0 Å². The fourth-order valence-electron chi connectivity index (χ4n) is 2.54. The summed E-state index contributed by atoms with van der Waals surface area (Å²) in [5.41, 5.74) is 3.10. The minimum absolute atomic E-state index is 0. The zero-order valence-electron chi connectivity index (χ0n) is 15.6. The number of aliphatic imine (C=N–C) groups is 1. The summed E-state index contributed by atoms with van der Waals surface area (Å²) in [5.74, 6) is 0.462. The zero-order chi connectivity index (χ0) is 18.1. The zero-order valence-corrected chi connectivity index (χ0v) is 18.0. The summed E-state index contributed by atoms with van der Waals surface area (Å²) in [7, 11) is 4.12. The number of hydrogen-bond acceptors (Lipinski definition) is 2. The minimum atomic E-state index is -0.224. The SMILES string of the molecule is CCNC(=NCc1ccccc1F)NCc1ccccc1CN(C)C.I. The third-order valence-corrected chi connectivity index (χ3v) is 3.76. The fourth-order valence-corrected chi connectivity index (χ4v) is 2.54. The molecule has 26 heavy (non-hydrogen) atoms. The maximum absolute atomic E-state index is 13.7. The Kier molecular flexibility index (Phi) is 10.2. The molecule has 0 saturated heterocycles. The first-order valence-electron chi connectivity index (χ1n) is 8.57. The molecular formula is C20H28FIN4. The van der Waals surface area contributed by atoms with E-state index in [-0.39, 0.29) is 29.8 Å². The lowest BCUT2D eigenvalue weighted by Gasteiger charge is -2.16. The van der Waals surface area contributed by atoms with Gasteiger partial charge in [-0.1, -0.05) is 42.5 Å². The molecule has 2 aromatic carbocycles. The largest absolute Gasteiger partial charge is 0.357 e. The molecule has 0 unspecified atom stereocenters. The summed E-state index contributed by atoms with van der Waals surface area (Å²) >= 11 is 0. The van der Waals surface area contributed by atoms with Crippen molar-refractivity contribution in [2.75, 3.05) is 20.6 Å². The van der Waals surface area contributed by atoms with E-state index in [0.29, 0.717) is 24.6 Å². The monoisotopic (exact) mass is 470 g/mol. The lowest BCUT2D eigenvalue weighted by molar-refractivity contribution is 0.400. The van der Waals surface area contributed by atoms with Gasteiger partial charge < -0.3 is 15.5 Å². The molecule has 142 valence electrons. The van der Waals surface area contributed by atoms with Crippen LogP contribution in [0.1, 0.15) is 23.6 Å². The first-order chi connectivity index (χ1) is 12.1. The van der Waals surface area contributed by atoms with E-state index in [4.69, 9.17) is 0 Å². The molecule has 0 aliphatic carbocycles. The van der Waals surface area contributed by atoms with Gasteiger partial charge in [0.15, 0.2) is 5.96 Å². The third kappa shape index (κ3) is 7.29. The Morgan fingerprint density at radius 1 is 0.962 bits per heavy atom. The molecule has 0 aliphatic rings. The van der Waals surface area contributed by atoms with Gasteiger partial charge in [0.2, 0.25) is 0 Å². The molecule has 0 spiro atoms. The molecule has 0 aliphatic heterocycles. The summed E-state index contributed by atoms with van der Waals surface area (Å²) in [5, 5.41) is 6.55. The van der Waals surface area contributed by atoms with Gasteiger partial charge in [-0.3, -0.25) is 0 Å². The summed E-state index contributed by atoms with van der Waals surface area (Å²) in [6.07, 6.45) is 0. The lowest BCUT2D eigenvalue weighted by atomic mass is 10.1. The average Bonchev–Trinajstić information content (AvgIpc) is 2.59. The van der Waals surface area contributed by atoms with Gasteiger partial charge in [-0.2, -0.15) is 0 Å². The van der Waals surface area contributed by atoms with E-state index in [1.54, 1.807) is 12.1 Å². The molecular weight excluding hydrogens is 442 g/mol. The number of rotatable bonds is 7. The second-order valence-corrected chi connectivity index (χ2v) is 6.15. The molecule has 2 aromatic rings. The van der Waals surface area contributed by atoms with E-state index in [0.717, 1.165) is 13.1 Å². The quantitative estimate of drug-likeness (QED) is 0.368. The summed E-state index contributed by atoms with van der Waals surface area (Å²) in [6.45, 7) is 4.64. The highest BCUT2D eigenvalue weighted by molar-refractivity contribution is 14.0. The van der Waals surface area contributed by atoms with Gasteiger partial charge in [0.25, 0.3) is 0 Å². The Bertz CT molecular complexity index is 704. The van der Waals surface area contributed by atoms with Crippen LogP contribution in [0.25, 0.3) is 0 Å². The minimum Gasteiger partial charge on any atom is -0.357 e. The lowest BCUT2D eigenvalue weighted by Crippen LogP contribution is -2.37. The summed E-state index contributed by atoms with van der Waals surface area (Å²) in [6, 6.07) is 15.1. The van der Waals surface area contributed by atoms with Crippen LogP contribution in [0.5, 0.6) is 0 Å². The summed E-state index contributed by atoms with van der Waals surface area (Å²) in [4.78, 5) is 6.64. The molecule has 0 radical (unpaired) electrons. The predicted molar refractivity (Wildman–Crippen MR) is 117 cm³/mol. The topological polar surface area (TPSA) is 39.7 Å². The number of nitrogens with one attached hydrogen (secondary N) is 2. The van der Waals surface area contributed by atoms with Crippen molar-refractivity contribution in [3.05, 3.63) is 71.0 Å². The maximum atomic E-state index is 13.7. The highest BCUT2D eigenvalue weighted by Gasteiger charge is 2.05. The van der Waals surface area contributed by atoms with Crippen molar-refractivity contribution in [1.29, 1.82) is 0 Å². The van der Waals surface area contributed by atoms with Gasteiger partial charge in [0, 0.05) is 25.2 Å². The van der Waals surface area contributed by atoms with Crippen LogP contribution in [0, 0.1) is 5.82 Å². The van der Waals surface area contributed by atoms with E-state index in [1.165, 1.54) is 17.2 Å². The average molecular weight is 470 g/mol. The number of benzene rings is 2. The Morgan fingerprint density at radius 3 is 2.19 bits per heavy atom. The van der Waals surface area contributed by atoms with Crippen LogP contribution < -0.4 is 10.6 Å². The third-order valence-electron chi connectivity index (χ3n) is 3.76. The molecule has 4 nitrogen and oxygen atoms in total. The number of hydrogen-bond donors (Lipinski definition) is 2. The first kappa shape index (κ1) is 22.4. The number of guanidine groups is 1. The first-order valence-corrected chi connectivity index (χ1v) is 8.57. The molecule has 2 rings (SSSR count). The Labute approximate surface area is 172 Å². The Morgan fingerprint density at radius 2 is 1.58 bits per heavy atom. The van der Waals surface area contributed by atoms with Crippen molar-refractivity contribution in [2.24, 2.45) is 4.99 Å². The number of nitrogens with zero attached hydrogens (tertiary/aromatic N) is 2. The van der Waals surface area contributed by atoms with E-state index < -0.39 is 0 Å². The Hall–Kier alpha value is -1.67. The molecule has 0 saturated carbocycles. The van der Waals surface area contributed by atoms with Crippen molar-refractivity contribution in [3.8, 4) is 0 Å². The van der Waals surface area contributed by atoms with Gasteiger partial charge in [-0.05, 0) is 38.2 Å². The van der Waals surface area contributed by atoms with Gasteiger partial charge in [0.1, 0.15) is 5.82 Å². The molecule has 0 fully saturated rings. The van der Waals surface area contributed by atoms with E-state index in [1.807, 2.05) is 19.1 Å². The molecule has 0 atom stereocenters. The van der Waals surface area contributed by atoms with Gasteiger partial charge in [-0.15, -0.1) is 24.0 Å². The van der Waals surface area contributed by atoms with Gasteiger partial charge >= 0.3 is 0 Å². The molecule has 0 heterocycles. The van der Waals surface area contributed by atoms with Crippen LogP contribution >= 0.6 is 24.0 Å². The predicted octanol–water partition coefficient (Wildman–Crippen LogP) is 3.76. The Balaban J connectivity index is 0.00000338. The molecule has 0 aromatic heterocycles. The van der Waals surface area contributed by atoms with Crippen LogP contribution in [-0.4, -0.2) is 31.5 Å².